The van der Waals surface area contributed by atoms with Crippen molar-refractivity contribution in [2.75, 3.05) is 31.1 Å². The maximum Gasteiger partial charge on any atom is 0.278 e. The fraction of sp³-hybridized carbons (Fsp3) is 0.333. The highest BCUT2D eigenvalue weighted by Gasteiger charge is 2.30. The Labute approximate surface area is 204 Å². The molecule has 0 atom stereocenters. The van der Waals surface area contributed by atoms with Crippen LogP contribution in [0.25, 0.3) is 11.0 Å². The molecule has 2 aromatic carbocycles. The molecule has 1 fully saturated rings. The summed E-state index contributed by atoms with van der Waals surface area (Å²) in [6, 6.07) is 19.9. The zero-order valence-corrected chi connectivity index (χ0v) is 20.1. The van der Waals surface area contributed by atoms with Gasteiger partial charge in [0.25, 0.3) is 5.56 Å². The van der Waals surface area contributed by atoms with Gasteiger partial charge in [0.2, 0.25) is 11.9 Å². The molecule has 1 N–H and O–H groups in total. The molecule has 0 saturated carbocycles. The Bertz CT molecular complexity index is 1330. The van der Waals surface area contributed by atoms with Crippen LogP contribution >= 0.6 is 0 Å². The number of aryl methyl sites for hydroxylation is 2. The minimum absolute atomic E-state index is 0.0939. The Hall–Kier alpha value is -3.94. The molecule has 0 spiro atoms. The molecule has 8 heteroatoms. The van der Waals surface area contributed by atoms with Crippen LogP contribution in [0.1, 0.15) is 36.1 Å². The number of piperazine rings is 1. The van der Waals surface area contributed by atoms with E-state index in [-0.39, 0.29) is 17.4 Å². The van der Waals surface area contributed by atoms with Crippen LogP contribution in [0.4, 0.5) is 5.95 Å². The number of carbonyl (C=O) groups excluding carboxylic acids is 1. The lowest BCUT2D eigenvalue weighted by molar-refractivity contribution is -0.132. The summed E-state index contributed by atoms with van der Waals surface area (Å²) in [5.41, 5.74) is 3.80. The van der Waals surface area contributed by atoms with Crippen LogP contribution in [-0.2, 0) is 18.3 Å². The van der Waals surface area contributed by atoms with Crippen LogP contribution in [0.2, 0.25) is 0 Å². The van der Waals surface area contributed by atoms with E-state index < -0.39 is 0 Å². The molecular formula is C27H30N6O2. The van der Waals surface area contributed by atoms with Crippen molar-refractivity contribution in [3.05, 3.63) is 87.8 Å². The molecule has 0 aliphatic carbocycles. The lowest BCUT2D eigenvalue weighted by Gasteiger charge is -2.36. The molecule has 1 aliphatic heterocycles. The number of anilines is 1. The molecule has 0 radical (unpaired) electrons. The van der Waals surface area contributed by atoms with Crippen LogP contribution in [0.15, 0.2) is 65.5 Å². The first-order valence-corrected chi connectivity index (χ1v) is 12.2. The molecule has 1 aliphatic rings. The maximum atomic E-state index is 13.7. The number of amides is 1. The highest BCUT2D eigenvalue weighted by atomic mass is 16.2. The number of hydrogen-bond acceptors (Lipinski definition) is 5. The summed E-state index contributed by atoms with van der Waals surface area (Å²) in [5.74, 6) is 0.296. The van der Waals surface area contributed by atoms with Gasteiger partial charge in [0.15, 0.2) is 5.52 Å². The van der Waals surface area contributed by atoms with E-state index in [0.29, 0.717) is 43.2 Å². The summed E-state index contributed by atoms with van der Waals surface area (Å²) in [4.78, 5) is 38.2. The molecule has 1 saturated heterocycles. The summed E-state index contributed by atoms with van der Waals surface area (Å²) in [7, 11) is 1.78. The molecule has 0 bridgehead atoms. The zero-order valence-electron chi connectivity index (χ0n) is 20.1. The van der Waals surface area contributed by atoms with E-state index in [1.807, 2.05) is 70.5 Å². The van der Waals surface area contributed by atoms with Crippen LogP contribution < -0.4 is 10.5 Å². The normalized spacial score (nSPS) is 14.1. The van der Waals surface area contributed by atoms with Gasteiger partial charge < -0.3 is 9.80 Å². The van der Waals surface area contributed by atoms with Crippen molar-refractivity contribution in [1.29, 1.82) is 0 Å². The number of aromatic amines is 1. The van der Waals surface area contributed by atoms with Crippen molar-refractivity contribution in [2.24, 2.45) is 7.05 Å². The average Bonchev–Trinajstić information content (AvgIpc) is 3.21. The molecule has 8 nitrogen and oxygen atoms in total. The fourth-order valence-electron chi connectivity index (χ4n) is 4.88. The van der Waals surface area contributed by atoms with Gasteiger partial charge in [-0.3, -0.25) is 19.3 Å². The minimum Gasteiger partial charge on any atom is -0.339 e. The summed E-state index contributed by atoms with van der Waals surface area (Å²) in [6.07, 6.45) is 1.70. The lowest BCUT2D eigenvalue weighted by atomic mass is 9.90. The standard InChI is InChI=1S/C27H30N6O2/c1-3-10-21-23-24(31(2)30-21)25(34)29-27(28-23)33-17-15-32(16-18-33)26(35)22(19-11-6-4-7-12-19)20-13-8-5-9-14-20/h4-9,11-14,22H,3,10,15-18H2,1-2H3,(H,28,29,34). The highest BCUT2D eigenvalue weighted by molar-refractivity contribution is 5.87. The molecule has 3 heterocycles. The predicted molar refractivity (Wildman–Crippen MR) is 137 cm³/mol. The van der Waals surface area contributed by atoms with E-state index >= 15 is 0 Å². The van der Waals surface area contributed by atoms with Crippen LogP contribution in [0, 0.1) is 0 Å². The predicted octanol–water partition coefficient (Wildman–Crippen LogP) is 3.09. The van der Waals surface area contributed by atoms with Crippen molar-refractivity contribution in [3.8, 4) is 0 Å². The van der Waals surface area contributed by atoms with E-state index in [9.17, 15) is 9.59 Å². The summed E-state index contributed by atoms with van der Waals surface area (Å²) in [6.45, 7) is 4.40. The number of nitrogens with one attached hydrogen (secondary N) is 1. The maximum absolute atomic E-state index is 13.7. The van der Waals surface area contributed by atoms with Crippen molar-refractivity contribution < 1.29 is 4.79 Å². The third kappa shape index (κ3) is 4.43. The van der Waals surface area contributed by atoms with Gasteiger partial charge in [-0.15, -0.1) is 0 Å². The van der Waals surface area contributed by atoms with E-state index in [4.69, 9.17) is 4.98 Å². The smallest absolute Gasteiger partial charge is 0.278 e. The summed E-state index contributed by atoms with van der Waals surface area (Å²) in [5, 5.41) is 4.50. The van der Waals surface area contributed by atoms with Gasteiger partial charge in [-0.1, -0.05) is 74.0 Å². The Morgan fingerprint density at radius 2 is 1.57 bits per heavy atom. The summed E-state index contributed by atoms with van der Waals surface area (Å²) >= 11 is 0. The van der Waals surface area contributed by atoms with Gasteiger partial charge >= 0.3 is 0 Å². The van der Waals surface area contributed by atoms with Gasteiger partial charge in [0.05, 0.1) is 11.6 Å². The van der Waals surface area contributed by atoms with Gasteiger partial charge in [-0.2, -0.15) is 5.10 Å². The first kappa shape index (κ1) is 22.8. The molecule has 2 aromatic heterocycles. The topological polar surface area (TPSA) is 87.1 Å². The Morgan fingerprint density at radius 1 is 0.971 bits per heavy atom. The van der Waals surface area contributed by atoms with Crippen LogP contribution in [-0.4, -0.2) is 56.7 Å². The highest BCUT2D eigenvalue weighted by Crippen LogP contribution is 2.28. The number of hydrogen-bond donors (Lipinski definition) is 1. The van der Waals surface area contributed by atoms with E-state index in [1.165, 1.54) is 0 Å². The minimum atomic E-state index is -0.342. The zero-order chi connectivity index (χ0) is 24.4. The second-order valence-electron chi connectivity index (χ2n) is 8.97. The van der Waals surface area contributed by atoms with Crippen molar-refractivity contribution in [3.63, 3.8) is 0 Å². The SMILES string of the molecule is CCCc1nn(C)c2c(=O)[nH]c(N3CCN(C(=O)C(c4ccccc4)c4ccccc4)CC3)nc12. The number of H-pyrrole nitrogens is 1. The third-order valence-corrected chi connectivity index (χ3v) is 6.64. The Balaban J connectivity index is 1.37. The quantitative estimate of drug-likeness (QED) is 0.468. The Morgan fingerprint density at radius 3 is 2.14 bits per heavy atom. The first-order valence-electron chi connectivity index (χ1n) is 12.2. The molecule has 0 unspecified atom stereocenters. The number of rotatable bonds is 6. The molecule has 5 rings (SSSR count). The van der Waals surface area contributed by atoms with E-state index in [2.05, 4.69) is 17.0 Å². The van der Waals surface area contributed by atoms with Crippen molar-refractivity contribution >= 4 is 22.9 Å². The molecule has 35 heavy (non-hydrogen) atoms. The average molecular weight is 471 g/mol. The number of benzene rings is 2. The number of fused-ring (bicyclic) bond motifs is 1. The van der Waals surface area contributed by atoms with Crippen LogP contribution in [0.5, 0.6) is 0 Å². The monoisotopic (exact) mass is 470 g/mol. The number of carbonyl (C=O) groups is 1. The van der Waals surface area contributed by atoms with E-state index in [1.54, 1.807) is 11.7 Å². The molecule has 180 valence electrons. The van der Waals surface area contributed by atoms with Gasteiger partial charge in [0, 0.05) is 33.2 Å². The lowest BCUT2D eigenvalue weighted by Crippen LogP contribution is -2.50. The van der Waals surface area contributed by atoms with Crippen molar-refractivity contribution in [1.82, 2.24) is 24.6 Å². The summed E-state index contributed by atoms with van der Waals surface area (Å²) < 4.78 is 1.61. The van der Waals surface area contributed by atoms with E-state index in [0.717, 1.165) is 29.7 Å². The largest absolute Gasteiger partial charge is 0.339 e. The number of aromatic nitrogens is 4. The first-order chi connectivity index (χ1) is 17.1. The molecular weight excluding hydrogens is 440 g/mol. The Kier molecular flexibility index (Phi) is 6.35. The second kappa shape index (κ2) is 9.74. The second-order valence-corrected chi connectivity index (χ2v) is 8.97. The molecule has 1 amide bonds. The van der Waals surface area contributed by atoms with Gasteiger partial charge in [-0.25, -0.2) is 4.98 Å². The fourth-order valence-corrected chi connectivity index (χ4v) is 4.88. The van der Waals surface area contributed by atoms with Crippen LogP contribution in [0.3, 0.4) is 0 Å². The number of nitrogens with zero attached hydrogens (tertiary/aromatic N) is 5. The third-order valence-electron chi connectivity index (χ3n) is 6.64. The molecule has 4 aromatic rings. The van der Waals surface area contributed by atoms with Gasteiger partial charge in [-0.05, 0) is 17.5 Å². The van der Waals surface area contributed by atoms with Gasteiger partial charge in [0.1, 0.15) is 5.52 Å². The van der Waals surface area contributed by atoms with Crippen molar-refractivity contribution in [2.45, 2.75) is 25.7 Å².